The minimum absolute atomic E-state index is 0.0560. The van der Waals surface area contributed by atoms with Crippen molar-refractivity contribution < 1.29 is 0 Å². The summed E-state index contributed by atoms with van der Waals surface area (Å²) >= 11 is 0. The largest absolute Gasteiger partial charge is 0.324 e. The summed E-state index contributed by atoms with van der Waals surface area (Å²) in [6, 6.07) is 2.03. The summed E-state index contributed by atoms with van der Waals surface area (Å²) in [5.74, 6) is 0. The normalized spacial score (nSPS) is 12.5. The zero-order valence-electron chi connectivity index (χ0n) is 8.25. The van der Waals surface area contributed by atoms with Crippen LogP contribution < -0.4 is 5.73 Å². The maximum atomic E-state index is 6.01. The zero-order valence-corrected chi connectivity index (χ0v) is 8.25. The minimum atomic E-state index is 0.0560. The molecule has 1 rings (SSSR count). The van der Waals surface area contributed by atoms with E-state index in [1.807, 2.05) is 26.1 Å². The van der Waals surface area contributed by atoms with Crippen LogP contribution in [0.25, 0.3) is 0 Å². The van der Waals surface area contributed by atoms with Gasteiger partial charge in [-0.05, 0) is 37.5 Å². The average Bonchev–Trinajstić information content (AvgIpc) is 2.03. The number of pyridine rings is 1. The molecule has 0 aliphatic carbocycles. The Kier molecular flexibility index (Phi) is 3.20. The summed E-state index contributed by atoms with van der Waals surface area (Å²) in [6.45, 7) is 7.88. The molecule has 0 aromatic carbocycles. The summed E-state index contributed by atoms with van der Waals surface area (Å²) in [5, 5.41) is 0. The molecule has 0 fully saturated rings. The molecule has 0 saturated heterocycles. The summed E-state index contributed by atoms with van der Waals surface area (Å²) < 4.78 is 0. The molecule has 2 nitrogen and oxygen atoms in total. The van der Waals surface area contributed by atoms with Crippen LogP contribution in [0.5, 0.6) is 0 Å². The van der Waals surface area contributed by atoms with Crippen LogP contribution in [0.4, 0.5) is 0 Å². The van der Waals surface area contributed by atoms with Gasteiger partial charge in [0.1, 0.15) is 0 Å². The Hall–Kier alpha value is -1.15. The molecule has 0 amide bonds. The molecule has 2 N–H and O–H groups in total. The molecule has 1 unspecified atom stereocenters. The molecule has 70 valence electrons. The van der Waals surface area contributed by atoms with E-state index in [1.165, 1.54) is 0 Å². The molecule has 0 aliphatic heterocycles. The Balaban J connectivity index is 2.82. The van der Waals surface area contributed by atoms with Gasteiger partial charge in [-0.25, -0.2) is 0 Å². The lowest BCUT2D eigenvalue weighted by molar-refractivity contribution is 0.710. The fraction of sp³-hybridized carbons (Fsp3) is 0.364. The lowest BCUT2D eigenvalue weighted by Gasteiger charge is -2.13. The molecule has 0 aliphatic rings. The Labute approximate surface area is 79.5 Å². The van der Waals surface area contributed by atoms with Crippen LogP contribution in [0.2, 0.25) is 0 Å². The highest BCUT2D eigenvalue weighted by atomic mass is 14.7. The number of hydrogen-bond acceptors (Lipinski definition) is 2. The van der Waals surface area contributed by atoms with E-state index in [2.05, 4.69) is 11.6 Å². The van der Waals surface area contributed by atoms with Gasteiger partial charge in [-0.1, -0.05) is 5.57 Å². The summed E-state index contributed by atoms with van der Waals surface area (Å²) in [6.07, 6.45) is 4.46. The average molecular weight is 176 g/mol. The Bertz CT molecular complexity index is 305. The fourth-order valence-corrected chi connectivity index (χ4v) is 1.39. The van der Waals surface area contributed by atoms with E-state index in [4.69, 9.17) is 5.73 Å². The van der Waals surface area contributed by atoms with Crippen LogP contribution in [0.3, 0.4) is 0 Å². The molecule has 0 bridgehead atoms. The number of aromatic nitrogens is 1. The Morgan fingerprint density at radius 3 is 2.92 bits per heavy atom. The lowest BCUT2D eigenvalue weighted by atomic mass is 9.99. The van der Waals surface area contributed by atoms with Crippen LogP contribution in [-0.4, -0.2) is 4.98 Å². The number of aryl methyl sites for hydroxylation is 1. The molecule has 1 atom stereocenters. The molecular formula is C11H16N2. The number of rotatable bonds is 3. The van der Waals surface area contributed by atoms with E-state index in [1.54, 1.807) is 6.20 Å². The highest BCUT2D eigenvalue weighted by molar-refractivity contribution is 5.25. The first-order valence-electron chi connectivity index (χ1n) is 4.41. The van der Waals surface area contributed by atoms with Crippen molar-refractivity contribution in [3.05, 3.63) is 41.7 Å². The van der Waals surface area contributed by atoms with Crippen molar-refractivity contribution in [3.8, 4) is 0 Å². The van der Waals surface area contributed by atoms with E-state index >= 15 is 0 Å². The molecule has 1 aromatic heterocycles. The highest BCUT2D eigenvalue weighted by Gasteiger charge is 2.07. The third kappa shape index (κ3) is 2.67. The van der Waals surface area contributed by atoms with Crippen molar-refractivity contribution in [3.63, 3.8) is 0 Å². The van der Waals surface area contributed by atoms with Gasteiger partial charge in [0.2, 0.25) is 0 Å². The van der Waals surface area contributed by atoms with Gasteiger partial charge in [0.25, 0.3) is 0 Å². The van der Waals surface area contributed by atoms with Crippen LogP contribution in [0.1, 0.15) is 30.5 Å². The summed E-state index contributed by atoms with van der Waals surface area (Å²) in [5.41, 5.74) is 9.44. The molecule has 0 radical (unpaired) electrons. The first-order valence-corrected chi connectivity index (χ1v) is 4.41. The molecule has 1 heterocycles. The smallest absolute Gasteiger partial charge is 0.0336 e. The van der Waals surface area contributed by atoms with E-state index in [-0.39, 0.29) is 6.04 Å². The van der Waals surface area contributed by atoms with Gasteiger partial charge in [-0.3, -0.25) is 4.98 Å². The Morgan fingerprint density at radius 2 is 2.38 bits per heavy atom. The quantitative estimate of drug-likeness (QED) is 0.718. The minimum Gasteiger partial charge on any atom is -0.324 e. The van der Waals surface area contributed by atoms with Gasteiger partial charge in [-0.15, -0.1) is 6.58 Å². The second-order valence-electron chi connectivity index (χ2n) is 3.50. The monoisotopic (exact) mass is 176 g/mol. The molecule has 0 saturated carbocycles. The van der Waals surface area contributed by atoms with Gasteiger partial charge in [0.05, 0.1) is 0 Å². The van der Waals surface area contributed by atoms with Crippen molar-refractivity contribution in [1.82, 2.24) is 4.98 Å². The second-order valence-corrected chi connectivity index (χ2v) is 3.50. The van der Waals surface area contributed by atoms with Gasteiger partial charge < -0.3 is 5.73 Å². The van der Waals surface area contributed by atoms with Crippen molar-refractivity contribution in [1.29, 1.82) is 0 Å². The Morgan fingerprint density at radius 1 is 1.69 bits per heavy atom. The maximum Gasteiger partial charge on any atom is 0.0336 e. The molecule has 1 aromatic rings. The van der Waals surface area contributed by atoms with E-state index in [0.29, 0.717) is 0 Å². The topological polar surface area (TPSA) is 38.9 Å². The zero-order chi connectivity index (χ0) is 9.84. The lowest BCUT2D eigenvalue weighted by Crippen LogP contribution is -2.11. The van der Waals surface area contributed by atoms with Crippen LogP contribution in [-0.2, 0) is 0 Å². The predicted octanol–water partition coefficient (Wildman–Crippen LogP) is 2.36. The van der Waals surface area contributed by atoms with Gasteiger partial charge in [0.15, 0.2) is 0 Å². The molecule has 0 spiro atoms. The van der Waals surface area contributed by atoms with Gasteiger partial charge in [-0.2, -0.15) is 0 Å². The summed E-state index contributed by atoms with van der Waals surface area (Å²) in [4.78, 5) is 4.03. The summed E-state index contributed by atoms with van der Waals surface area (Å²) in [7, 11) is 0. The van der Waals surface area contributed by atoms with Crippen LogP contribution in [0.15, 0.2) is 30.6 Å². The first kappa shape index (κ1) is 9.93. The van der Waals surface area contributed by atoms with Gasteiger partial charge in [0, 0.05) is 18.4 Å². The maximum absolute atomic E-state index is 6.01. The highest BCUT2D eigenvalue weighted by Crippen LogP contribution is 2.19. The van der Waals surface area contributed by atoms with Crippen LogP contribution in [0, 0.1) is 6.92 Å². The van der Waals surface area contributed by atoms with E-state index < -0.39 is 0 Å². The number of hydrogen-bond donors (Lipinski definition) is 1. The fourth-order valence-electron chi connectivity index (χ4n) is 1.39. The SMILES string of the molecule is C=C(C)CC(N)c1ccncc1C. The van der Waals surface area contributed by atoms with Crippen molar-refractivity contribution in [2.75, 3.05) is 0 Å². The predicted molar refractivity (Wildman–Crippen MR) is 55.3 cm³/mol. The van der Waals surface area contributed by atoms with Gasteiger partial charge >= 0.3 is 0 Å². The van der Waals surface area contributed by atoms with Crippen molar-refractivity contribution in [2.45, 2.75) is 26.3 Å². The van der Waals surface area contributed by atoms with E-state index in [0.717, 1.165) is 23.1 Å². The van der Waals surface area contributed by atoms with E-state index in [9.17, 15) is 0 Å². The van der Waals surface area contributed by atoms with Crippen LogP contribution >= 0.6 is 0 Å². The molecule has 13 heavy (non-hydrogen) atoms. The van der Waals surface area contributed by atoms with Crippen molar-refractivity contribution in [2.24, 2.45) is 5.73 Å². The third-order valence-electron chi connectivity index (χ3n) is 2.03. The second kappa shape index (κ2) is 4.19. The molecule has 2 heteroatoms. The molecular weight excluding hydrogens is 160 g/mol. The van der Waals surface area contributed by atoms with Crippen molar-refractivity contribution >= 4 is 0 Å². The standard InChI is InChI=1S/C11H16N2/c1-8(2)6-11(12)10-4-5-13-7-9(10)3/h4-5,7,11H,1,6,12H2,2-3H3. The number of nitrogens with zero attached hydrogens (tertiary/aromatic N) is 1. The first-order chi connectivity index (χ1) is 6.11. The third-order valence-corrected chi connectivity index (χ3v) is 2.03. The number of nitrogens with two attached hydrogens (primary N) is 1.